The number of methoxy groups -OCH3 is 1. The molecule has 3 aromatic carbocycles. The Kier molecular flexibility index (Phi) is 7.40. The summed E-state index contributed by atoms with van der Waals surface area (Å²) >= 11 is 0. The van der Waals surface area contributed by atoms with E-state index in [2.05, 4.69) is 40.2 Å². The highest BCUT2D eigenvalue weighted by atomic mass is 16.5. The van der Waals surface area contributed by atoms with Crippen LogP contribution in [0.4, 0.5) is 11.4 Å². The Hall–Kier alpha value is -3.64. The number of rotatable bonds is 8. The average Bonchev–Trinajstić information content (AvgIpc) is 2.75. The van der Waals surface area contributed by atoms with Gasteiger partial charge in [0.05, 0.1) is 25.4 Å². The normalized spacial score (nSPS) is 11.5. The van der Waals surface area contributed by atoms with Crippen LogP contribution in [0.25, 0.3) is 0 Å². The molecule has 0 fully saturated rings. The van der Waals surface area contributed by atoms with Gasteiger partial charge in [0.15, 0.2) is 0 Å². The maximum atomic E-state index is 12.7. The fraction of sp³-hybridized carbons (Fsp3) is 0.200. The summed E-state index contributed by atoms with van der Waals surface area (Å²) in [5, 5.41) is 8.92. The first-order valence-electron chi connectivity index (χ1n) is 10.1. The Morgan fingerprint density at radius 3 is 2.23 bits per heavy atom. The van der Waals surface area contributed by atoms with Crippen molar-refractivity contribution in [2.45, 2.75) is 19.9 Å². The summed E-state index contributed by atoms with van der Waals surface area (Å²) in [4.78, 5) is 24.0. The fourth-order valence-corrected chi connectivity index (χ4v) is 3.31. The van der Waals surface area contributed by atoms with Crippen molar-refractivity contribution < 1.29 is 14.3 Å². The van der Waals surface area contributed by atoms with Crippen LogP contribution in [0, 0.1) is 6.92 Å². The number of benzene rings is 3. The van der Waals surface area contributed by atoms with Gasteiger partial charge in [-0.15, -0.1) is 0 Å². The second-order valence-electron chi connectivity index (χ2n) is 7.28. The molecule has 0 spiro atoms. The molecule has 0 aliphatic carbocycles. The Labute approximate surface area is 182 Å². The summed E-state index contributed by atoms with van der Waals surface area (Å²) in [7, 11) is 1.53. The molecular weight excluding hydrogens is 390 g/mol. The fourth-order valence-electron chi connectivity index (χ4n) is 3.31. The van der Waals surface area contributed by atoms with E-state index in [0.717, 1.165) is 11.1 Å². The smallest absolute Gasteiger partial charge is 0.238 e. The number of nitrogens with one attached hydrogen (secondary N) is 3. The van der Waals surface area contributed by atoms with Crippen molar-refractivity contribution >= 4 is 23.2 Å². The maximum absolute atomic E-state index is 12.7. The summed E-state index contributed by atoms with van der Waals surface area (Å²) in [6.07, 6.45) is 0. The van der Waals surface area contributed by atoms with Crippen LogP contribution in [0.1, 0.15) is 29.7 Å². The molecule has 0 aromatic heterocycles. The van der Waals surface area contributed by atoms with E-state index in [1.807, 2.05) is 37.3 Å². The second-order valence-corrected chi connectivity index (χ2v) is 7.28. The van der Waals surface area contributed by atoms with E-state index in [0.29, 0.717) is 17.1 Å². The Morgan fingerprint density at radius 1 is 0.903 bits per heavy atom. The van der Waals surface area contributed by atoms with Gasteiger partial charge in [-0.1, -0.05) is 60.2 Å². The minimum absolute atomic E-state index is 0.0982. The first kappa shape index (κ1) is 22.1. The van der Waals surface area contributed by atoms with Crippen molar-refractivity contribution in [2.75, 3.05) is 24.3 Å². The molecule has 160 valence electrons. The van der Waals surface area contributed by atoms with E-state index in [-0.39, 0.29) is 24.4 Å². The molecule has 0 radical (unpaired) electrons. The molecule has 6 nitrogen and oxygen atoms in total. The summed E-state index contributed by atoms with van der Waals surface area (Å²) in [5.41, 5.74) is 4.41. The van der Waals surface area contributed by atoms with Crippen LogP contribution >= 0.6 is 0 Å². The zero-order chi connectivity index (χ0) is 22.2. The largest absolute Gasteiger partial charge is 0.495 e. The van der Waals surface area contributed by atoms with Crippen LogP contribution in [-0.2, 0) is 9.59 Å². The first-order chi connectivity index (χ1) is 15.0. The van der Waals surface area contributed by atoms with Gasteiger partial charge in [0.2, 0.25) is 11.8 Å². The van der Waals surface area contributed by atoms with Crippen molar-refractivity contribution in [1.29, 1.82) is 0 Å². The molecule has 0 saturated heterocycles. The van der Waals surface area contributed by atoms with Crippen LogP contribution < -0.4 is 20.7 Å². The third-order valence-electron chi connectivity index (χ3n) is 4.80. The molecule has 0 aliphatic heterocycles. The van der Waals surface area contributed by atoms with Crippen molar-refractivity contribution in [3.05, 3.63) is 89.5 Å². The van der Waals surface area contributed by atoms with Crippen LogP contribution in [0.5, 0.6) is 5.75 Å². The van der Waals surface area contributed by atoms with E-state index >= 15 is 0 Å². The monoisotopic (exact) mass is 417 g/mol. The van der Waals surface area contributed by atoms with E-state index in [9.17, 15) is 9.59 Å². The summed E-state index contributed by atoms with van der Waals surface area (Å²) in [6.45, 7) is 3.58. The molecule has 3 aromatic rings. The third-order valence-corrected chi connectivity index (χ3v) is 4.80. The molecule has 6 heteroatoms. The molecule has 2 amide bonds. The van der Waals surface area contributed by atoms with E-state index in [1.165, 1.54) is 19.6 Å². The van der Waals surface area contributed by atoms with E-state index < -0.39 is 0 Å². The maximum Gasteiger partial charge on any atom is 0.238 e. The molecule has 0 unspecified atom stereocenters. The Balaban J connectivity index is 1.74. The molecule has 3 N–H and O–H groups in total. The van der Waals surface area contributed by atoms with E-state index in [4.69, 9.17) is 4.74 Å². The first-order valence-corrected chi connectivity index (χ1v) is 10.1. The summed E-state index contributed by atoms with van der Waals surface area (Å²) in [5.74, 6) is 0.111. The Bertz CT molecular complexity index is 1030. The average molecular weight is 418 g/mol. The number of hydrogen-bond acceptors (Lipinski definition) is 4. The molecule has 0 bridgehead atoms. The van der Waals surface area contributed by atoms with Gasteiger partial charge in [0.1, 0.15) is 5.75 Å². The quantitative estimate of drug-likeness (QED) is 0.511. The molecule has 31 heavy (non-hydrogen) atoms. The second kappa shape index (κ2) is 10.4. The minimum atomic E-state index is -0.216. The van der Waals surface area contributed by atoms with Crippen LogP contribution in [0.3, 0.4) is 0 Å². The predicted octanol–water partition coefficient (Wildman–Crippen LogP) is 4.28. The van der Waals surface area contributed by atoms with Gasteiger partial charge in [-0.05, 0) is 36.2 Å². The number of amides is 2. The van der Waals surface area contributed by atoms with Gasteiger partial charge in [0, 0.05) is 12.6 Å². The minimum Gasteiger partial charge on any atom is -0.495 e. The summed E-state index contributed by atoms with van der Waals surface area (Å²) < 4.78 is 5.33. The lowest BCUT2D eigenvalue weighted by Gasteiger charge is -2.20. The third kappa shape index (κ3) is 6.17. The van der Waals surface area contributed by atoms with E-state index in [1.54, 1.807) is 18.2 Å². The molecule has 0 aliphatic rings. The van der Waals surface area contributed by atoms with Gasteiger partial charge in [-0.25, -0.2) is 0 Å². The molecule has 3 rings (SSSR count). The Morgan fingerprint density at radius 2 is 1.58 bits per heavy atom. The SMILES string of the molecule is COc1ccc(NC(C)=O)cc1NC(=O)CN[C@@H](c1ccccc1)c1ccc(C)cc1. The number of anilines is 2. The lowest BCUT2D eigenvalue weighted by atomic mass is 9.98. The zero-order valence-corrected chi connectivity index (χ0v) is 17.9. The lowest BCUT2D eigenvalue weighted by Crippen LogP contribution is -2.32. The molecule has 0 heterocycles. The van der Waals surface area contributed by atoms with Gasteiger partial charge >= 0.3 is 0 Å². The van der Waals surface area contributed by atoms with Crippen molar-refractivity contribution in [1.82, 2.24) is 5.32 Å². The highest BCUT2D eigenvalue weighted by Crippen LogP contribution is 2.28. The zero-order valence-electron chi connectivity index (χ0n) is 17.9. The molecule has 0 saturated carbocycles. The summed E-state index contributed by atoms with van der Waals surface area (Å²) in [6, 6.07) is 23.2. The van der Waals surface area contributed by atoms with Crippen molar-refractivity contribution in [3.8, 4) is 5.75 Å². The highest BCUT2D eigenvalue weighted by Gasteiger charge is 2.16. The number of aryl methyl sites for hydroxylation is 1. The molecular formula is C25H27N3O3. The molecule has 1 atom stereocenters. The standard InChI is InChI=1S/C25H27N3O3/c1-17-9-11-20(12-10-17)25(19-7-5-4-6-8-19)26-16-24(30)28-22-15-21(27-18(2)29)13-14-23(22)31-3/h4-15,25-26H,16H2,1-3H3,(H,27,29)(H,28,30)/t25-/m0/s1. The van der Waals surface area contributed by atoms with Crippen LogP contribution in [-0.4, -0.2) is 25.5 Å². The van der Waals surface area contributed by atoms with Gasteiger partial charge in [0.25, 0.3) is 0 Å². The van der Waals surface area contributed by atoms with Crippen molar-refractivity contribution in [2.24, 2.45) is 0 Å². The van der Waals surface area contributed by atoms with Crippen molar-refractivity contribution in [3.63, 3.8) is 0 Å². The number of carbonyl (C=O) groups is 2. The van der Waals surface area contributed by atoms with Gasteiger partial charge < -0.3 is 15.4 Å². The number of ether oxygens (including phenoxy) is 1. The lowest BCUT2D eigenvalue weighted by molar-refractivity contribution is -0.115. The highest BCUT2D eigenvalue weighted by molar-refractivity contribution is 5.95. The topological polar surface area (TPSA) is 79.5 Å². The number of carbonyl (C=O) groups excluding carboxylic acids is 2. The van der Waals surface area contributed by atoms with Gasteiger partial charge in [-0.3, -0.25) is 14.9 Å². The van der Waals surface area contributed by atoms with Gasteiger partial charge in [-0.2, -0.15) is 0 Å². The predicted molar refractivity (Wildman–Crippen MR) is 123 cm³/mol. The van der Waals surface area contributed by atoms with Crippen LogP contribution in [0.2, 0.25) is 0 Å². The van der Waals surface area contributed by atoms with Crippen LogP contribution in [0.15, 0.2) is 72.8 Å². The number of hydrogen-bond donors (Lipinski definition) is 3.